The van der Waals surface area contributed by atoms with Crippen molar-refractivity contribution in [1.82, 2.24) is 0 Å². The molecule has 132 valence electrons. The molecule has 3 aliphatic rings. The van der Waals surface area contributed by atoms with Crippen LogP contribution in [0.1, 0.15) is 53.4 Å². The number of aliphatic carboxylic acids is 1. The maximum atomic E-state index is 11.7. The number of carbonyl (C=O) groups is 1. The van der Waals surface area contributed by atoms with Gasteiger partial charge in [0, 0.05) is 17.9 Å². The number of hydrogen-bond acceptors (Lipinski definition) is 2. The maximum absolute atomic E-state index is 11.7. The zero-order valence-corrected chi connectivity index (χ0v) is 15.5. The van der Waals surface area contributed by atoms with E-state index in [2.05, 4.69) is 39.8 Å². The molecule has 0 aromatic heterocycles. The first kappa shape index (κ1) is 17.7. The number of fused-ring (bicyclic) bond motifs is 1. The lowest BCUT2D eigenvalue weighted by Gasteiger charge is -2.46. The molecule has 3 aliphatic carbocycles. The van der Waals surface area contributed by atoms with Crippen molar-refractivity contribution in [2.75, 3.05) is 0 Å². The van der Waals surface area contributed by atoms with Gasteiger partial charge in [-0.15, -0.1) is 0 Å². The van der Waals surface area contributed by atoms with Gasteiger partial charge < -0.3 is 5.11 Å². The summed E-state index contributed by atoms with van der Waals surface area (Å²) in [6.45, 7) is 9.13. The molecule has 1 unspecified atom stereocenters. The van der Waals surface area contributed by atoms with Crippen LogP contribution in [0.15, 0.2) is 52.2 Å². The average molecular weight is 338 g/mol. The van der Waals surface area contributed by atoms with Gasteiger partial charge in [0.2, 0.25) is 0 Å². The summed E-state index contributed by atoms with van der Waals surface area (Å²) in [4.78, 5) is 22.7. The number of carboxylic acids is 1. The smallest absolute Gasteiger partial charge is 0.335 e. The summed E-state index contributed by atoms with van der Waals surface area (Å²) in [7, 11) is 0. The highest BCUT2D eigenvalue weighted by atomic mass is 16.4. The second kappa shape index (κ2) is 6.00. The highest BCUT2D eigenvalue weighted by Gasteiger charge is 2.41. The van der Waals surface area contributed by atoms with Gasteiger partial charge in [-0.25, -0.2) is 9.59 Å². The third-order valence-electron chi connectivity index (χ3n) is 6.05. The Morgan fingerprint density at radius 1 is 1.12 bits per heavy atom. The van der Waals surface area contributed by atoms with Crippen molar-refractivity contribution in [3.63, 3.8) is 0 Å². The Kier molecular flexibility index (Phi) is 4.25. The van der Waals surface area contributed by atoms with E-state index in [4.69, 9.17) is 0 Å². The van der Waals surface area contributed by atoms with Crippen molar-refractivity contribution in [2.45, 2.75) is 53.4 Å². The highest BCUT2D eigenvalue weighted by molar-refractivity contribution is 5.92. The van der Waals surface area contributed by atoms with E-state index in [0.29, 0.717) is 17.6 Å². The fraction of sp³-hybridized carbons (Fsp3) is 0.500. The molecule has 3 rings (SSSR count). The Labute approximate surface area is 149 Å². The van der Waals surface area contributed by atoms with E-state index >= 15 is 0 Å². The normalized spacial score (nSPS) is 27.2. The summed E-state index contributed by atoms with van der Waals surface area (Å²) in [5.74, 6) is 1.04. The van der Waals surface area contributed by atoms with Crippen LogP contribution >= 0.6 is 0 Å². The van der Waals surface area contributed by atoms with E-state index in [1.807, 2.05) is 5.94 Å². The fourth-order valence-electron chi connectivity index (χ4n) is 4.34. The third kappa shape index (κ3) is 3.09. The van der Waals surface area contributed by atoms with Crippen molar-refractivity contribution in [3.8, 4) is 0 Å². The van der Waals surface area contributed by atoms with Crippen LogP contribution in [-0.4, -0.2) is 17.0 Å². The zero-order valence-electron chi connectivity index (χ0n) is 15.5. The van der Waals surface area contributed by atoms with Gasteiger partial charge >= 0.3 is 5.97 Å². The largest absolute Gasteiger partial charge is 0.478 e. The fourth-order valence-corrected chi connectivity index (χ4v) is 4.34. The molecule has 0 bridgehead atoms. The Morgan fingerprint density at radius 3 is 2.36 bits per heavy atom. The van der Waals surface area contributed by atoms with E-state index < -0.39 is 5.97 Å². The van der Waals surface area contributed by atoms with Gasteiger partial charge in [-0.2, -0.15) is 0 Å². The molecule has 1 N–H and O–H groups in total. The molecule has 0 aromatic carbocycles. The van der Waals surface area contributed by atoms with Crippen LogP contribution in [0.3, 0.4) is 0 Å². The number of carbonyl (C=O) groups excluding carboxylic acids is 1. The van der Waals surface area contributed by atoms with Crippen molar-refractivity contribution >= 4 is 11.9 Å². The predicted octanol–water partition coefficient (Wildman–Crippen LogP) is 4.80. The second-order valence-electron chi connectivity index (χ2n) is 8.69. The van der Waals surface area contributed by atoms with E-state index in [-0.39, 0.29) is 16.7 Å². The first-order chi connectivity index (χ1) is 11.7. The highest BCUT2D eigenvalue weighted by Crippen LogP contribution is 2.54. The lowest BCUT2D eigenvalue weighted by molar-refractivity contribution is -0.132. The lowest BCUT2D eigenvalue weighted by atomic mass is 9.58. The summed E-state index contributed by atoms with van der Waals surface area (Å²) in [6.07, 6.45) is 11.2. The van der Waals surface area contributed by atoms with Crippen LogP contribution in [0.4, 0.5) is 0 Å². The first-order valence-electron chi connectivity index (χ1n) is 8.97. The Balaban J connectivity index is 2.07. The minimum atomic E-state index is -0.924. The van der Waals surface area contributed by atoms with Gasteiger partial charge in [0.25, 0.3) is 0 Å². The molecule has 1 atom stereocenters. The third-order valence-corrected chi connectivity index (χ3v) is 6.05. The molecule has 1 fully saturated rings. The van der Waals surface area contributed by atoms with Crippen molar-refractivity contribution < 1.29 is 14.7 Å². The van der Waals surface area contributed by atoms with Crippen molar-refractivity contribution in [2.24, 2.45) is 16.7 Å². The van der Waals surface area contributed by atoms with Crippen molar-refractivity contribution in [1.29, 1.82) is 0 Å². The molecule has 0 heterocycles. The molecule has 25 heavy (non-hydrogen) atoms. The molecule has 0 spiro atoms. The van der Waals surface area contributed by atoms with Crippen LogP contribution in [0.2, 0.25) is 0 Å². The number of carboxylic acid groups (broad SMARTS) is 1. The van der Waals surface area contributed by atoms with Crippen molar-refractivity contribution in [3.05, 3.63) is 52.2 Å². The van der Waals surface area contributed by atoms with Crippen LogP contribution in [0.5, 0.6) is 0 Å². The minimum absolute atomic E-state index is 0.0336. The lowest BCUT2D eigenvalue weighted by Crippen LogP contribution is -2.34. The number of rotatable bonds is 2. The van der Waals surface area contributed by atoms with Gasteiger partial charge in [-0.05, 0) is 59.0 Å². The summed E-state index contributed by atoms with van der Waals surface area (Å²) < 4.78 is 0. The number of hydrogen-bond donors (Lipinski definition) is 1. The molecule has 3 nitrogen and oxygen atoms in total. The van der Waals surface area contributed by atoms with Crippen LogP contribution in [-0.2, 0) is 9.59 Å². The molecule has 0 amide bonds. The van der Waals surface area contributed by atoms with E-state index in [1.165, 1.54) is 11.1 Å². The molecule has 0 radical (unpaired) electrons. The standard InChI is InChI=1S/C22H26O3/c1-21(2)9-10-22(3,4)19-12-15(6-8-18(19)21)17-11-14(13-23)5-7-16(17)20(24)25/h5,7-8,12,15H,6,9-11H2,1-4H3,(H,24,25). The molecule has 3 heteroatoms. The molecular weight excluding hydrogens is 312 g/mol. The predicted molar refractivity (Wildman–Crippen MR) is 98.7 cm³/mol. The molecule has 0 saturated heterocycles. The Morgan fingerprint density at radius 2 is 1.76 bits per heavy atom. The van der Waals surface area contributed by atoms with E-state index in [1.54, 1.807) is 12.2 Å². The van der Waals surface area contributed by atoms with Crippen LogP contribution < -0.4 is 0 Å². The molecule has 1 saturated carbocycles. The van der Waals surface area contributed by atoms with E-state index in [9.17, 15) is 14.7 Å². The summed E-state index contributed by atoms with van der Waals surface area (Å²) in [6, 6.07) is 0. The zero-order chi connectivity index (χ0) is 18.4. The van der Waals surface area contributed by atoms with Gasteiger partial charge in [0.1, 0.15) is 5.94 Å². The second-order valence-corrected chi connectivity index (χ2v) is 8.69. The maximum Gasteiger partial charge on any atom is 0.335 e. The molecular formula is C22H26O3. The monoisotopic (exact) mass is 338 g/mol. The SMILES string of the molecule is CC1(C)CCC(C)(C)C2=CC(C3=C(C(=O)O)C=CC(=C=O)C3)CC=C21. The topological polar surface area (TPSA) is 54.4 Å². The first-order valence-corrected chi connectivity index (χ1v) is 8.97. The molecule has 0 aliphatic heterocycles. The van der Waals surface area contributed by atoms with E-state index in [0.717, 1.165) is 24.8 Å². The quantitative estimate of drug-likeness (QED) is 0.736. The minimum Gasteiger partial charge on any atom is -0.478 e. The summed E-state index contributed by atoms with van der Waals surface area (Å²) in [5, 5.41) is 9.56. The van der Waals surface area contributed by atoms with Crippen LogP contribution in [0.25, 0.3) is 0 Å². The number of allylic oxidation sites excluding steroid dienone is 7. The Bertz CT molecular complexity index is 793. The van der Waals surface area contributed by atoms with Gasteiger partial charge in [0.15, 0.2) is 0 Å². The summed E-state index contributed by atoms with van der Waals surface area (Å²) in [5.41, 5.74) is 4.70. The molecule has 0 aromatic rings. The average Bonchev–Trinajstić information content (AvgIpc) is 2.58. The summed E-state index contributed by atoms with van der Waals surface area (Å²) >= 11 is 0. The van der Waals surface area contributed by atoms with Crippen LogP contribution in [0, 0.1) is 16.7 Å². The van der Waals surface area contributed by atoms with Gasteiger partial charge in [-0.1, -0.05) is 39.8 Å². The van der Waals surface area contributed by atoms with Gasteiger partial charge in [-0.3, -0.25) is 0 Å². The van der Waals surface area contributed by atoms with Gasteiger partial charge in [0.05, 0.1) is 5.57 Å². The Hall–Kier alpha value is -2.12.